The van der Waals surface area contributed by atoms with Crippen LogP contribution in [0.3, 0.4) is 0 Å². The molecule has 2 atom stereocenters. The highest BCUT2D eigenvalue weighted by Crippen LogP contribution is 2.37. The lowest BCUT2D eigenvalue weighted by Gasteiger charge is -2.21. The van der Waals surface area contributed by atoms with Crippen molar-refractivity contribution in [2.45, 2.75) is 18.3 Å². The van der Waals surface area contributed by atoms with Gasteiger partial charge in [0.2, 0.25) is 0 Å². The lowest BCUT2D eigenvalue weighted by atomic mass is 9.82. The van der Waals surface area contributed by atoms with Gasteiger partial charge in [-0.2, -0.15) is 5.26 Å². The summed E-state index contributed by atoms with van der Waals surface area (Å²) in [7, 11) is 0. The Bertz CT molecular complexity index is 588. The third-order valence-corrected chi connectivity index (χ3v) is 3.11. The molecule has 0 amide bonds. The van der Waals surface area contributed by atoms with Gasteiger partial charge in [0.1, 0.15) is 23.3 Å². The molecule has 4 nitrogen and oxygen atoms in total. The summed E-state index contributed by atoms with van der Waals surface area (Å²) in [6.45, 7) is -0.301. The summed E-state index contributed by atoms with van der Waals surface area (Å²) in [6, 6.07) is 5.46. The highest BCUT2D eigenvalue weighted by Gasteiger charge is 2.31. The minimum atomic E-state index is -0.920. The Morgan fingerprint density at radius 1 is 1.35 bits per heavy atom. The van der Waals surface area contributed by atoms with Gasteiger partial charge in [-0.05, 0) is 18.6 Å². The summed E-state index contributed by atoms with van der Waals surface area (Å²) >= 11 is 0. The molecule has 0 radical (unpaired) electrons. The SMILES string of the molecule is N#C[C@@H](c1cnco1)[C@H](CCO)c1c(F)cccc1F. The number of nitriles is 1. The molecule has 1 aromatic carbocycles. The van der Waals surface area contributed by atoms with Crippen molar-refractivity contribution in [3.63, 3.8) is 0 Å². The van der Waals surface area contributed by atoms with E-state index in [2.05, 4.69) is 4.98 Å². The first-order valence-electron chi connectivity index (χ1n) is 6.01. The molecule has 0 unspecified atom stereocenters. The van der Waals surface area contributed by atoms with Gasteiger partial charge in [0.05, 0.1) is 12.3 Å². The molecule has 0 bridgehead atoms. The standard InChI is InChI=1S/C14H12F2N2O2/c15-11-2-1-3-12(16)14(11)9(4-5-19)10(6-17)13-7-18-8-20-13/h1-3,7-10,19H,4-5H2/t9-,10+/m0/s1. The Morgan fingerprint density at radius 2 is 2.05 bits per heavy atom. The molecule has 1 aromatic heterocycles. The van der Waals surface area contributed by atoms with Crippen molar-refractivity contribution in [2.75, 3.05) is 6.61 Å². The first-order chi connectivity index (χ1) is 9.69. The number of oxazole rings is 1. The maximum Gasteiger partial charge on any atom is 0.180 e. The predicted molar refractivity (Wildman–Crippen MR) is 65.7 cm³/mol. The first kappa shape index (κ1) is 14.2. The van der Waals surface area contributed by atoms with Gasteiger partial charge in [-0.1, -0.05) is 6.07 Å². The molecule has 0 aliphatic carbocycles. The fourth-order valence-corrected chi connectivity index (χ4v) is 2.21. The van der Waals surface area contributed by atoms with Crippen molar-refractivity contribution >= 4 is 0 Å². The number of rotatable bonds is 5. The number of hydrogen-bond acceptors (Lipinski definition) is 4. The van der Waals surface area contributed by atoms with E-state index in [0.29, 0.717) is 0 Å². The zero-order valence-corrected chi connectivity index (χ0v) is 10.5. The summed E-state index contributed by atoms with van der Waals surface area (Å²) < 4.78 is 32.8. The van der Waals surface area contributed by atoms with Crippen LogP contribution >= 0.6 is 0 Å². The molecular formula is C14H12F2N2O2. The molecule has 0 spiro atoms. The molecule has 1 heterocycles. The number of halogens is 2. The van der Waals surface area contributed by atoms with Gasteiger partial charge in [-0.15, -0.1) is 0 Å². The minimum Gasteiger partial charge on any atom is -0.447 e. The van der Waals surface area contributed by atoms with E-state index in [1.54, 1.807) is 0 Å². The number of hydrogen-bond donors (Lipinski definition) is 1. The second-order valence-electron chi connectivity index (χ2n) is 4.26. The molecule has 20 heavy (non-hydrogen) atoms. The van der Waals surface area contributed by atoms with Crippen molar-refractivity contribution in [2.24, 2.45) is 0 Å². The van der Waals surface area contributed by atoms with Crippen molar-refractivity contribution in [3.8, 4) is 6.07 Å². The number of aliphatic hydroxyl groups is 1. The largest absolute Gasteiger partial charge is 0.447 e. The van der Waals surface area contributed by atoms with Crippen molar-refractivity contribution in [3.05, 3.63) is 53.7 Å². The summed E-state index contributed by atoms with van der Waals surface area (Å²) in [4.78, 5) is 3.70. The fourth-order valence-electron chi connectivity index (χ4n) is 2.21. The van der Waals surface area contributed by atoms with E-state index < -0.39 is 23.5 Å². The van der Waals surface area contributed by atoms with Crippen LogP contribution in [0.2, 0.25) is 0 Å². The molecule has 6 heteroatoms. The van der Waals surface area contributed by atoms with E-state index in [1.807, 2.05) is 6.07 Å². The van der Waals surface area contributed by atoms with Gasteiger partial charge in [0, 0.05) is 18.1 Å². The van der Waals surface area contributed by atoms with E-state index in [4.69, 9.17) is 9.52 Å². The van der Waals surface area contributed by atoms with Gasteiger partial charge in [0.25, 0.3) is 0 Å². The zero-order chi connectivity index (χ0) is 14.5. The summed E-state index contributed by atoms with van der Waals surface area (Å²) in [6.07, 6.45) is 2.52. The Morgan fingerprint density at radius 3 is 2.55 bits per heavy atom. The van der Waals surface area contributed by atoms with Gasteiger partial charge in [-0.25, -0.2) is 13.8 Å². The van der Waals surface area contributed by atoms with E-state index in [-0.39, 0.29) is 24.4 Å². The third kappa shape index (κ3) is 2.68. The maximum absolute atomic E-state index is 13.9. The van der Waals surface area contributed by atoms with Gasteiger partial charge in [0.15, 0.2) is 6.39 Å². The van der Waals surface area contributed by atoms with Gasteiger partial charge in [-0.3, -0.25) is 0 Å². The smallest absolute Gasteiger partial charge is 0.180 e. The average molecular weight is 278 g/mol. The van der Waals surface area contributed by atoms with Crippen LogP contribution in [0.5, 0.6) is 0 Å². The van der Waals surface area contributed by atoms with Gasteiger partial charge >= 0.3 is 0 Å². The second kappa shape index (κ2) is 6.26. The van der Waals surface area contributed by atoms with Crippen LogP contribution in [0.1, 0.15) is 29.6 Å². The zero-order valence-electron chi connectivity index (χ0n) is 10.5. The minimum absolute atomic E-state index is 0.0385. The summed E-state index contributed by atoms with van der Waals surface area (Å²) in [5.41, 5.74) is -0.218. The molecule has 0 aliphatic rings. The van der Waals surface area contributed by atoms with Crippen LogP contribution in [-0.2, 0) is 0 Å². The molecule has 1 N–H and O–H groups in total. The van der Waals surface area contributed by atoms with Crippen molar-refractivity contribution < 1.29 is 18.3 Å². The van der Waals surface area contributed by atoms with Crippen LogP contribution in [0, 0.1) is 23.0 Å². The van der Waals surface area contributed by atoms with Crippen LogP contribution in [-0.4, -0.2) is 16.7 Å². The normalized spacial score (nSPS) is 13.7. The molecule has 0 fully saturated rings. The lowest BCUT2D eigenvalue weighted by Crippen LogP contribution is -2.14. The highest BCUT2D eigenvalue weighted by atomic mass is 19.1. The van der Waals surface area contributed by atoms with Crippen LogP contribution < -0.4 is 0 Å². The Labute approximate surface area is 114 Å². The molecule has 0 saturated carbocycles. The first-order valence-corrected chi connectivity index (χ1v) is 6.01. The molecule has 0 saturated heterocycles. The molecule has 0 aliphatic heterocycles. The predicted octanol–water partition coefficient (Wildman–Crippen LogP) is 2.73. The topological polar surface area (TPSA) is 70.0 Å². The number of nitrogens with zero attached hydrogens (tertiary/aromatic N) is 2. The Balaban J connectivity index is 2.48. The van der Waals surface area contributed by atoms with E-state index in [1.165, 1.54) is 12.3 Å². The number of benzene rings is 1. The van der Waals surface area contributed by atoms with Crippen LogP contribution in [0.25, 0.3) is 0 Å². The molecular weight excluding hydrogens is 266 g/mol. The van der Waals surface area contributed by atoms with Crippen LogP contribution in [0.4, 0.5) is 8.78 Å². The van der Waals surface area contributed by atoms with Gasteiger partial charge < -0.3 is 9.52 Å². The number of aromatic nitrogens is 1. The summed E-state index contributed by atoms with van der Waals surface area (Å²) in [5, 5.41) is 18.4. The van der Waals surface area contributed by atoms with E-state index in [9.17, 15) is 14.0 Å². The third-order valence-electron chi connectivity index (χ3n) is 3.11. The monoisotopic (exact) mass is 278 g/mol. The van der Waals surface area contributed by atoms with Crippen LogP contribution in [0.15, 0.2) is 35.2 Å². The summed E-state index contributed by atoms with van der Waals surface area (Å²) in [5.74, 6) is -3.05. The Hall–Kier alpha value is -2.26. The number of aliphatic hydroxyl groups excluding tert-OH is 1. The Kier molecular flexibility index (Phi) is 4.43. The molecule has 104 valence electrons. The molecule has 2 rings (SSSR count). The maximum atomic E-state index is 13.9. The van der Waals surface area contributed by atoms with Crippen molar-refractivity contribution in [1.82, 2.24) is 4.98 Å². The van der Waals surface area contributed by atoms with Crippen molar-refractivity contribution in [1.29, 1.82) is 5.26 Å². The average Bonchev–Trinajstić information content (AvgIpc) is 2.93. The van der Waals surface area contributed by atoms with E-state index >= 15 is 0 Å². The highest BCUT2D eigenvalue weighted by molar-refractivity contribution is 5.30. The quantitative estimate of drug-likeness (QED) is 0.912. The second-order valence-corrected chi connectivity index (χ2v) is 4.26. The fraction of sp³-hybridized carbons (Fsp3) is 0.286. The molecule has 2 aromatic rings. The van der Waals surface area contributed by atoms with E-state index in [0.717, 1.165) is 18.5 Å². The lowest BCUT2D eigenvalue weighted by molar-refractivity contribution is 0.265.